The summed E-state index contributed by atoms with van der Waals surface area (Å²) in [6.07, 6.45) is 38.0. The molecule has 0 radical (unpaired) electrons. The molecular formula is C84H138N6O10. The van der Waals surface area contributed by atoms with Crippen LogP contribution in [0.25, 0.3) is 0 Å². The van der Waals surface area contributed by atoms with Crippen LogP contribution in [0.1, 0.15) is 255 Å². The average Bonchev–Trinajstić information content (AvgIpc) is 0.762. The van der Waals surface area contributed by atoms with Crippen molar-refractivity contribution in [3.8, 4) is 0 Å². The van der Waals surface area contributed by atoms with Crippen LogP contribution >= 0.6 is 0 Å². The molecule has 21 atom stereocenters. The van der Waals surface area contributed by atoms with E-state index in [-0.39, 0.29) is 69.1 Å². The number of hydrogen-bond donors (Lipinski definition) is 4. The summed E-state index contributed by atoms with van der Waals surface area (Å²) in [6, 6.07) is 1.01. The maximum atomic E-state index is 11.4. The van der Waals surface area contributed by atoms with Gasteiger partial charge in [0, 0.05) is 112 Å². The number of nitrogens with zero attached hydrogens (tertiary/aromatic N) is 2. The van der Waals surface area contributed by atoms with Gasteiger partial charge in [0.2, 0.25) is 17.7 Å². The Morgan fingerprint density at radius 1 is 0.460 bits per heavy atom. The van der Waals surface area contributed by atoms with E-state index in [0.717, 1.165) is 143 Å². The topological polar surface area (TPSA) is 178 Å². The van der Waals surface area contributed by atoms with Crippen LogP contribution in [0, 0.1) is 85.8 Å². The molecule has 0 aromatic rings. The number of carbonyl (C=O) groups excluding carboxylic acids is 4. The van der Waals surface area contributed by atoms with Gasteiger partial charge < -0.3 is 64.3 Å². The number of ether oxygens (including phenoxy) is 6. The maximum Gasteiger partial charge on any atom is 0.217 e. The smallest absolute Gasteiger partial charge is 0.217 e. The van der Waals surface area contributed by atoms with Gasteiger partial charge in [0.15, 0.2) is 18.9 Å². The predicted molar refractivity (Wildman–Crippen MR) is 394 cm³/mol. The van der Waals surface area contributed by atoms with Gasteiger partial charge in [-0.15, -0.1) is 0 Å². The van der Waals surface area contributed by atoms with Crippen molar-refractivity contribution < 1.29 is 47.6 Å². The van der Waals surface area contributed by atoms with Gasteiger partial charge in [0.05, 0.1) is 38.1 Å². The second-order valence-corrected chi connectivity index (χ2v) is 36.9. The minimum Gasteiger partial charge on any atom is -0.352 e. The Hall–Kier alpha value is -3.06. The molecular weight excluding hydrogens is 1250 g/mol. The van der Waals surface area contributed by atoms with Crippen molar-refractivity contribution in [2.45, 2.75) is 310 Å². The molecule has 100 heavy (non-hydrogen) atoms. The first-order valence-corrected chi connectivity index (χ1v) is 41.1. The molecule has 6 aliphatic heterocycles. The summed E-state index contributed by atoms with van der Waals surface area (Å²) in [6.45, 7) is 44.0. The van der Waals surface area contributed by atoms with E-state index in [1.54, 1.807) is 20.8 Å². The Morgan fingerprint density at radius 3 is 1.13 bits per heavy atom. The summed E-state index contributed by atoms with van der Waals surface area (Å²) in [7, 11) is 0. The molecule has 0 spiro atoms. The van der Waals surface area contributed by atoms with Gasteiger partial charge in [0.25, 0.3) is 0 Å². The number of carbonyl (C=O) groups is 4. The van der Waals surface area contributed by atoms with E-state index in [0.29, 0.717) is 96.1 Å². The van der Waals surface area contributed by atoms with Crippen LogP contribution in [0.15, 0.2) is 36.5 Å². The molecule has 6 saturated heterocycles. The molecule has 16 nitrogen and oxygen atoms in total. The monoisotopic (exact) mass is 1390 g/mol. The van der Waals surface area contributed by atoms with Gasteiger partial charge in [-0.2, -0.15) is 0 Å². The lowest BCUT2D eigenvalue weighted by atomic mass is 9.46. The van der Waals surface area contributed by atoms with E-state index >= 15 is 0 Å². The molecule has 15 aliphatic rings. The van der Waals surface area contributed by atoms with Crippen LogP contribution in [0.2, 0.25) is 0 Å². The van der Waals surface area contributed by atoms with Crippen LogP contribution < -0.4 is 21.3 Å². The van der Waals surface area contributed by atoms with E-state index < -0.39 is 0 Å². The highest BCUT2D eigenvalue weighted by atomic mass is 16.7. The third kappa shape index (κ3) is 16.3. The first kappa shape index (κ1) is 76.6. The number of aldehydes is 1. The fourth-order valence-corrected chi connectivity index (χ4v) is 25.2. The molecule has 15 rings (SSSR count). The quantitative estimate of drug-likeness (QED) is 0.0955. The number of likely N-dealkylation sites (tertiary alicyclic amines) is 2. The van der Waals surface area contributed by atoms with E-state index in [4.69, 9.17) is 28.4 Å². The van der Waals surface area contributed by atoms with Crippen LogP contribution in [-0.2, 0) is 47.6 Å². The molecule has 0 bridgehead atoms. The lowest BCUT2D eigenvalue weighted by Crippen LogP contribution is -2.62. The first-order valence-electron chi connectivity index (χ1n) is 41.1. The third-order valence-corrected chi connectivity index (χ3v) is 30.5. The maximum absolute atomic E-state index is 11.4. The van der Waals surface area contributed by atoms with Gasteiger partial charge in [-0.3, -0.25) is 14.4 Å². The van der Waals surface area contributed by atoms with E-state index in [1.165, 1.54) is 139 Å². The molecule has 6 heterocycles. The van der Waals surface area contributed by atoms with Gasteiger partial charge in [0.1, 0.15) is 6.29 Å². The van der Waals surface area contributed by atoms with Crippen molar-refractivity contribution in [3.05, 3.63) is 36.5 Å². The lowest BCUT2D eigenvalue weighted by Gasteiger charge is -2.63. The summed E-state index contributed by atoms with van der Waals surface area (Å²) in [5.74, 6) is 5.38. The van der Waals surface area contributed by atoms with Crippen LogP contribution in [-0.4, -0.2) is 161 Å². The van der Waals surface area contributed by atoms with Gasteiger partial charge >= 0.3 is 0 Å². The summed E-state index contributed by atoms with van der Waals surface area (Å²) >= 11 is 0. The van der Waals surface area contributed by atoms with Crippen molar-refractivity contribution in [1.82, 2.24) is 31.1 Å². The number of rotatable bonds is 14. The van der Waals surface area contributed by atoms with Gasteiger partial charge in [-0.25, -0.2) is 0 Å². The first-order chi connectivity index (χ1) is 47.9. The molecule has 3 amide bonds. The lowest BCUT2D eigenvalue weighted by molar-refractivity contribution is -0.316. The molecule has 9 aliphatic carbocycles. The van der Waals surface area contributed by atoms with E-state index in [9.17, 15) is 19.2 Å². The fraction of sp³-hybridized carbons (Fsp3) is 0.881. The van der Waals surface area contributed by atoms with Crippen molar-refractivity contribution in [3.63, 3.8) is 0 Å². The molecule has 4 N–H and O–H groups in total. The zero-order valence-electron chi connectivity index (χ0n) is 64.1. The molecule has 15 fully saturated rings. The molecule has 0 aromatic carbocycles. The van der Waals surface area contributed by atoms with Crippen molar-refractivity contribution in [1.29, 1.82) is 0 Å². The molecule has 0 aromatic heterocycles. The number of allylic oxidation sites excluding steroid dienone is 3. The second-order valence-electron chi connectivity index (χ2n) is 36.9. The normalized spacial score (nSPS) is 43.7. The van der Waals surface area contributed by atoms with Crippen molar-refractivity contribution in [2.75, 3.05) is 72.2 Å². The molecule has 9 saturated carbocycles. The summed E-state index contributed by atoms with van der Waals surface area (Å²) < 4.78 is 39.4. The number of nitrogens with one attached hydrogen (secondary N) is 4. The molecule has 564 valence electrons. The Labute approximate surface area is 604 Å². The second kappa shape index (κ2) is 32.6. The SMILES string of the molecule is C=C1CCC2[C@]3(C)CO[C@@H](C4CCCC4)O[C@@H]3CC[C@@]2(C)[C@@H]1CC=O.C=C1CCC2[C@]3(C)CO[C@@H](C4CCCC4)O[C@@H]3CC[C@@]2(C)[C@@H]1CCN1CC[C@H](NC(C)=O)C1.C=C1CCC2[C@]3(C)CO[C@@H](C4CCCC4)O[C@@H]3CC[C@@]2(C)[C@@H]1CCN1CC[C@H](NC(C)=O)C1.CC(=O)N[C@H]1CCNC1. The van der Waals surface area contributed by atoms with E-state index in [2.05, 4.69) is 92.3 Å². The van der Waals surface area contributed by atoms with Crippen LogP contribution in [0.3, 0.4) is 0 Å². The predicted octanol–water partition coefficient (Wildman–Crippen LogP) is 14.2. The third-order valence-electron chi connectivity index (χ3n) is 30.5. The summed E-state index contributed by atoms with van der Waals surface area (Å²) in [5, 5.41) is 12.2. The summed E-state index contributed by atoms with van der Waals surface area (Å²) in [4.78, 5) is 49.7. The minimum atomic E-state index is 0.0225. The zero-order chi connectivity index (χ0) is 70.8. The zero-order valence-corrected chi connectivity index (χ0v) is 64.1. The Morgan fingerprint density at radius 2 is 0.800 bits per heavy atom. The van der Waals surface area contributed by atoms with E-state index in [1.807, 2.05) is 0 Å². The fourth-order valence-electron chi connectivity index (χ4n) is 25.2. The largest absolute Gasteiger partial charge is 0.352 e. The standard InChI is InChI=1S/2C28H46N2O3.C22H34O3.C6H12N2O/c2*1-19-9-10-24-27(3,23(19)13-16-30-15-12-22(17-30)29-20(2)31)14-11-25-28(24,4)18-32-26(33-25)21-7-5-6-8-21;1-15-8-9-18-21(2,17(15)11-13-23)12-10-19-22(18,3)14-24-20(25-19)16-6-4-5-7-16;1-5(9)8-6-2-3-7-4-6/h2*21-26H,1,5-18H2,2-4H3,(H,29,31);13,16-20H,1,4-12,14H2,2-3H3;6-7H,2-4H2,1H3,(H,8,9)/t2*22-,23+,24?,25+,26+,27-,28-;17-,18?,19-,20-,21+,22+;6-/m0010/s1. The average molecular weight is 1390 g/mol. The van der Waals surface area contributed by atoms with Crippen LogP contribution in [0.5, 0.6) is 0 Å². The summed E-state index contributed by atoms with van der Waals surface area (Å²) in [5.41, 5.74) is 5.25. The Balaban J connectivity index is 0.000000135. The number of amides is 3. The Bertz CT molecular complexity index is 2710. The molecule has 16 heteroatoms. The van der Waals surface area contributed by atoms with Gasteiger partial charge in [-0.05, 0) is 219 Å². The molecule has 3 unspecified atom stereocenters. The highest BCUT2D eigenvalue weighted by Crippen LogP contribution is 2.67. The number of hydrogen-bond acceptors (Lipinski definition) is 13. The number of fused-ring (bicyclic) bond motifs is 9. The minimum absolute atomic E-state index is 0.0225. The van der Waals surface area contributed by atoms with Crippen molar-refractivity contribution >= 4 is 24.0 Å². The highest BCUT2D eigenvalue weighted by molar-refractivity contribution is 5.74. The van der Waals surface area contributed by atoms with Crippen LogP contribution in [0.4, 0.5) is 0 Å². The van der Waals surface area contributed by atoms with Gasteiger partial charge in [-0.1, -0.05) is 117 Å². The van der Waals surface area contributed by atoms with Crippen molar-refractivity contribution in [2.24, 2.45) is 85.8 Å². The highest BCUT2D eigenvalue weighted by Gasteiger charge is 2.64. The Kier molecular flexibility index (Phi) is 24.9.